The SMILES string of the molecule is Cc1c(O)cccc1OCCC(=O)NC1CC1. The van der Waals surface area contributed by atoms with E-state index in [2.05, 4.69) is 5.32 Å². The zero-order valence-electron chi connectivity index (χ0n) is 9.90. The number of amides is 1. The molecule has 17 heavy (non-hydrogen) atoms. The highest BCUT2D eigenvalue weighted by molar-refractivity contribution is 5.76. The Morgan fingerprint density at radius 3 is 3.00 bits per heavy atom. The molecular weight excluding hydrogens is 218 g/mol. The molecule has 0 radical (unpaired) electrons. The van der Waals surface area contributed by atoms with Gasteiger partial charge in [0.15, 0.2) is 0 Å². The van der Waals surface area contributed by atoms with Gasteiger partial charge in [0.25, 0.3) is 0 Å². The second-order valence-corrected chi connectivity index (χ2v) is 4.34. The predicted octanol–water partition coefficient (Wildman–Crippen LogP) is 1.75. The van der Waals surface area contributed by atoms with Crippen molar-refractivity contribution >= 4 is 5.91 Å². The van der Waals surface area contributed by atoms with E-state index >= 15 is 0 Å². The van der Waals surface area contributed by atoms with Crippen LogP contribution in [0.1, 0.15) is 24.8 Å². The quantitative estimate of drug-likeness (QED) is 0.817. The van der Waals surface area contributed by atoms with Crippen LogP contribution in [0.5, 0.6) is 11.5 Å². The summed E-state index contributed by atoms with van der Waals surface area (Å²) in [5, 5.41) is 12.4. The van der Waals surface area contributed by atoms with E-state index in [0.717, 1.165) is 12.8 Å². The zero-order chi connectivity index (χ0) is 12.3. The summed E-state index contributed by atoms with van der Waals surface area (Å²) in [7, 11) is 0. The number of benzene rings is 1. The Hall–Kier alpha value is -1.71. The minimum atomic E-state index is 0.0327. The van der Waals surface area contributed by atoms with E-state index in [1.807, 2.05) is 0 Å². The normalized spacial score (nSPS) is 14.4. The van der Waals surface area contributed by atoms with Crippen molar-refractivity contribution in [2.24, 2.45) is 0 Å². The number of carbonyl (C=O) groups excluding carboxylic acids is 1. The number of aromatic hydroxyl groups is 1. The molecule has 0 atom stereocenters. The molecule has 0 saturated heterocycles. The second-order valence-electron chi connectivity index (χ2n) is 4.34. The number of hydrogen-bond donors (Lipinski definition) is 2. The van der Waals surface area contributed by atoms with Gasteiger partial charge in [-0.15, -0.1) is 0 Å². The van der Waals surface area contributed by atoms with Gasteiger partial charge < -0.3 is 15.2 Å². The van der Waals surface area contributed by atoms with Crippen molar-refractivity contribution in [3.05, 3.63) is 23.8 Å². The number of rotatable bonds is 5. The summed E-state index contributed by atoms with van der Waals surface area (Å²) in [5.74, 6) is 0.875. The monoisotopic (exact) mass is 235 g/mol. The van der Waals surface area contributed by atoms with Crippen molar-refractivity contribution in [3.63, 3.8) is 0 Å². The standard InChI is InChI=1S/C13H17NO3/c1-9-11(15)3-2-4-12(9)17-8-7-13(16)14-10-5-6-10/h2-4,10,15H,5-8H2,1H3,(H,14,16). The van der Waals surface area contributed by atoms with E-state index in [1.165, 1.54) is 0 Å². The van der Waals surface area contributed by atoms with Crippen molar-refractivity contribution in [1.82, 2.24) is 5.32 Å². The van der Waals surface area contributed by atoms with Crippen molar-refractivity contribution in [3.8, 4) is 11.5 Å². The summed E-state index contributed by atoms with van der Waals surface area (Å²) in [6.07, 6.45) is 2.54. The fourth-order valence-electron chi connectivity index (χ4n) is 1.54. The third kappa shape index (κ3) is 3.37. The zero-order valence-corrected chi connectivity index (χ0v) is 9.90. The maximum Gasteiger partial charge on any atom is 0.223 e. The molecule has 0 spiro atoms. The lowest BCUT2D eigenvalue weighted by molar-refractivity contribution is -0.121. The number of carbonyl (C=O) groups is 1. The summed E-state index contributed by atoms with van der Waals surface area (Å²) in [4.78, 5) is 11.4. The summed E-state index contributed by atoms with van der Waals surface area (Å²) in [6, 6.07) is 5.52. The first kappa shape index (κ1) is 11.8. The highest BCUT2D eigenvalue weighted by atomic mass is 16.5. The van der Waals surface area contributed by atoms with Gasteiger partial charge in [0, 0.05) is 11.6 Å². The number of phenols is 1. The molecule has 1 saturated carbocycles. The first-order valence-corrected chi connectivity index (χ1v) is 5.87. The number of hydrogen-bond acceptors (Lipinski definition) is 3. The highest BCUT2D eigenvalue weighted by Crippen LogP contribution is 2.26. The molecule has 4 nitrogen and oxygen atoms in total. The average Bonchev–Trinajstić information content (AvgIpc) is 3.08. The van der Waals surface area contributed by atoms with Gasteiger partial charge in [-0.2, -0.15) is 0 Å². The van der Waals surface area contributed by atoms with Crippen molar-refractivity contribution in [1.29, 1.82) is 0 Å². The van der Waals surface area contributed by atoms with E-state index in [-0.39, 0.29) is 11.7 Å². The Labute approximate surface area is 101 Å². The Kier molecular flexibility index (Phi) is 3.52. The van der Waals surface area contributed by atoms with E-state index in [4.69, 9.17) is 4.74 Å². The van der Waals surface area contributed by atoms with E-state index in [0.29, 0.717) is 30.4 Å². The number of ether oxygens (including phenoxy) is 1. The second kappa shape index (κ2) is 5.08. The summed E-state index contributed by atoms with van der Waals surface area (Å²) in [6.45, 7) is 2.12. The van der Waals surface area contributed by atoms with Crippen LogP contribution in [0.4, 0.5) is 0 Å². The van der Waals surface area contributed by atoms with Gasteiger partial charge >= 0.3 is 0 Å². The first-order chi connectivity index (χ1) is 8.16. The molecular formula is C13H17NO3. The van der Waals surface area contributed by atoms with Crippen molar-refractivity contribution < 1.29 is 14.6 Å². The molecule has 0 bridgehead atoms. The molecule has 1 fully saturated rings. The van der Waals surface area contributed by atoms with Gasteiger partial charge in [-0.1, -0.05) is 6.07 Å². The Bertz CT molecular complexity index is 413. The fraction of sp³-hybridized carbons (Fsp3) is 0.462. The lowest BCUT2D eigenvalue weighted by Gasteiger charge is -2.09. The Morgan fingerprint density at radius 1 is 1.53 bits per heavy atom. The van der Waals surface area contributed by atoms with Gasteiger partial charge in [-0.3, -0.25) is 4.79 Å². The smallest absolute Gasteiger partial charge is 0.223 e. The minimum absolute atomic E-state index is 0.0327. The third-order valence-electron chi connectivity index (χ3n) is 2.78. The molecule has 1 amide bonds. The first-order valence-electron chi connectivity index (χ1n) is 5.87. The Balaban J connectivity index is 1.77. The number of nitrogens with one attached hydrogen (secondary N) is 1. The average molecular weight is 235 g/mol. The molecule has 2 N–H and O–H groups in total. The molecule has 92 valence electrons. The van der Waals surface area contributed by atoms with Crippen LogP contribution in [0.3, 0.4) is 0 Å². The largest absolute Gasteiger partial charge is 0.508 e. The summed E-state index contributed by atoms with van der Waals surface area (Å²) >= 11 is 0. The molecule has 1 aromatic carbocycles. The van der Waals surface area contributed by atoms with Crippen LogP contribution in [0.25, 0.3) is 0 Å². The van der Waals surface area contributed by atoms with Gasteiger partial charge in [0.2, 0.25) is 5.91 Å². The third-order valence-corrected chi connectivity index (χ3v) is 2.78. The van der Waals surface area contributed by atoms with Crippen LogP contribution in [0.2, 0.25) is 0 Å². The molecule has 2 rings (SSSR count). The fourth-order valence-corrected chi connectivity index (χ4v) is 1.54. The van der Waals surface area contributed by atoms with Crippen LogP contribution in [-0.4, -0.2) is 23.7 Å². The number of phenolic OH excluding ortho intramolecular Hbond substituents is 1. The molecule has 1 aromatic rings. The van der Waals surface area contributed by atoms with E-state index < -0.39 is 0 Å². The van der Waals surface area contributed by atoms with Gasteiger partial charge in [0.1, 0.15) is 11.5 Å². The summed E-state index contributed by atoms with van der Waals surface area (Å²) in [5.41, 5.74) is 0.704. The van der Waals surface area contributed by atoms with Gasteiger partial charge in [0.05, 0.1) is 13.0 Å². The van der Waals surface area contributed by atoms with Crippen LogP contribution < -0.4 is 10.1 Å². The van der Waals surface area contributed by atoms with Crippen LogP contribution in [0, 0.1) is 6.92 Å². The maximum absolute atomic E-state index is 11.4. The molecule has 1 aliphatic carbocycles. The lowest BCUT2D eigenvalue weighted by Crippen LogP contribution is -2.26. The Morgan fingerprint density at radius 2 is 2.29 bits per heavy atom. The van der Waals surface area contributed by atoms with Gasteiger partial charge in [-0.25, -0.2) is 0 Å². The maximum atomic E-state index is 11.4. The predicted molar refractivity (Wildman–Crippen MR) is 64.1 cm³/mol. The summed E-state index contributed by atoms with van der Waals surface area (Å²) < 4.78 is 5.47. The lowest BCUT2D eigenvalue weighted by atomic mass is 10.2. The molecule has 0 unspecified atom stereocenters. The highest BCUT2D eigenvalue weighted by Gasteiger charge is 2.22. The van der Waals surface area contributed by atoms with Crippen LogP contribution in [-0.2, 0) is 4.79 Å². The molecule has 0 heterocycles. The van der Waals surface area contributed by atoms with Crippen LogP contribution in [0.15, 0.2) is 18.2 Å². The van der Waals surface area contributed by atoms with Crippen molar-refractivity contribution in [2.75, 3.05) is 6.61 Å². The topological polar surface area (TPSA) is 58.6 Å². The van der Waals surface area contributed by atoms with E-state index in [9.17, 15) is 9.90 Å². The van der Waals surface area contributed by atoms with Gasteiger partial charge in [-0.05, 0) is 31.9 Å². The van der Waals surface area contributed by atoms with E-state index in [1.54, 1.807) is 25.1 Å². The minimum Gasteiger partial charge on any atom is -0.508 e. The van der Waals surface area contributed by atoms with Crippen molar-refractivity contribution in [2.45, 2.75) is 32.2 Å². The molecule has 0 aliphatic heterocycles. The molecule has 4 heteroatoms. The van der Waals surface area contributed by atoms with Crippen LogP contribution >= 0.6 is 0 Å². The molecule has 1 aliphatic rings. The molecule has 0 aromatic heterocycles.